The molecule has 1 N–H and O–H groups in total. The number of aryl methyl sites for hydroxylation is 2. The summed E-state index contributed by atoms with van der Waals surface area (Å²) in [6.45, 7) is 6.63. The highest BCUT2D eigenvalue weighted by Crippen LogP contribution is 2.31. The Balaban J connectivity index is 1.19. The summed E-state index contributed by atoms with van der Waals surface area (Å²) in [6.07, 6.45) is 4.92. The number of amides is 1. The average molecular weight is 487 g/mol. The van der Waals surface area contributed by atoms with Crippen LogP contribution in [-0.4, -0.2) is 28.4 Å². The van der Waals surface area contributed by atoms with E-state index in [0.29, 0.717) is 24.6 Å². The molecule has 2 aromatic heterocycles. The predicted octanol–water partition coefficient (Wildman–Crippen LogP) is 6.17. The molecule has 2 aromatic carbocycles. The monoisotopic (exact) mass is 486 g/mol. The van der Waals surface area contributed by atoms with Crippen LogP contribution in [0.1, 0.15) is 58.6 Å². The van der Waals surface area contributed by atoms with Gasteiger partial charge in [0.1, 0.15) is 11.3 Å². The van der Waals surface area contributed by atoms with Crippen molar-refractivity contribution in [3.05, 3.63) is 100.0 Å². The van der Waals surface area contributed by atoms with E-state index in [9.17, 15) is 4.79 Å². The summed E-state index contributed by atoms with van der Waals surface area (Å²) in [6, 6.07) is 20.8. The Morgan fingerprint density at radius 2 is 1.77 bits per heavy atom. The van der Waals surface area contributed by atoms with Crippen LogP contribution >= 0.6 is 11.6 Å². The number of halogens is 1. The van der Waals surface area contributed by atoms with Crippen LogP contribution in [0, 0.1) is 6.92 Å². The molecule has 0 atom stereocenters. The standard InChI is InChI=1S/C29H31ClN4O/c1-3-26-28(34-17-12-20(2)18-27(34)32-26)29(35)31-19-21-4-10-25(11-5-21)33-15-13-23(14-16-33)22-6-8-24(30)9-7-22/h4-12,17-18,23H,3,13-16,19H2,1-2H3,(H,31,35). The Bertz CT molecular complexity index is 1320. The van der Waals surface area contributed by atoms with Crippen molar-refractivity contribution in [3.63, 3.8) is 0 Å². The quantitative estimate of drug-likeness (QED) is 0.354. The topological polar surface area (TPSA) is 49.6 Å². The summed E-state index contributed by atoms with van der Waals surface area (Å²) < 4.78 is 1.89. The number of pyridine rings is 1. The number of carbonyl (C=O) groups is 1. The van der Waals surface area contributed by atoms with Crippen molar-refractivity contribution in [1.29, 1.82) is 0 Å². The van der Waals surface area contributed by atoms with Crippen molar-refractivity contribution in [2.45, 2.75) is 45.6 Å². The van der Waals surface area contributed by atoms with E-state index in [4.69, 9.17) is 11.6 Å². The molecule has 0 bridgehead atoms. The maximum Gasteiger partial charge on any atom is 0.270 e. The smallest absolute Gasteiger partial charge is 0.270 e. The van der Waals surface area contributed by atoms with Crippen LogP contribution in [0.2, 0.25) is 5.02 Å². The first-order chi connectivity index (χ1) is 17.0. The van der Waals surface area contributed by atoms with Gasteiger partial charge >= 0.3 is 0 Å². The number of nitrogens with one attached hydrogen (secondary N) is 1. The zero-order valence-corrected chi connectivity index (χ0v) is 21.1. The van der Waals surface area contributed by atoms with Crippen molar-refractivity contribution in [2.75, 3.05) is 18.0 Å². The molecule has 1 aliphatic rings. The van der Waals surface area contributed by atoms with Crippen molar-refractivity contribution in [2.24, 2.45) is 0 Å². The Kier molecular flexibility index (Phi) is 6.78. The second-order valence-electron chi connectivity index (χ2n) is 9.35. The van der Waals surface area contributed by atoms with Gasteiger partial charge in [0.05, 0.1) is 5.69 Å². The molecule has 5 nitrogen and oxygen atoms in total. The fourth-order valence-electron chi connectivity index (χ4n) is 4.98. The number of anilines is 1. The molecule has 1 aliphatic heterocycles. The van der Waals surface area contributed by atoms with Crippen molar-refractivity contribution >= 4 is 28.8 Å². The Morgan fingerprint density at radius 1 is 1.06 bits per heavy atom. The first-order valence-electron chi connectivity index (χ1n) is 12.4. The van der Waals surface area contributed by atoms with E-state index in [1.165, 1.54) is 11.3 Å². The first kappa shape index (κ1) is 23.4. The molecule has 3 heterocycles. The third-order valence-corrected chi connectivity index (χ3v) is 7.25. The van der Waals surface area contributed by atoms with Crippen LogP contribution in [0.15, 0.2) is 66.9 Å². The highest BCUT2D eigenvalue weighted by atomic mass is 35.5. The molecular formula is C29H31ClN4O. The number of hydrogen-bond donors (Lipinski definition) is 1. The summed E-state index contributed by atoms with van der Waals surface area (Å²) in [5, 5.41) is 3.88. The molecule has 0 unspecified atom stereocenters. The van der Waals surface area contributed by atoms with Crippen LogP contribution in [0.3, 0.4) is 0 Å². The largest absolute Gasteiger partial charge is 0.371 e. The first-order valence-corrected chi connectivity index (χ1v) is 12.7. The molecule has 180 valence electrons. The minimum Gasteiger partial charge on any atom is -0.371 e. The Hall–Kier alpha value is -3.31. The third-order valence-electron chi connectivity index (χ3n) is 6.99. The van der Waals surface area contributed by atoms with E-state index in [1.54, 1.807) is 0 Å². The van der Waals surface area contributed by atoms with Crippen LogP contribution in [-0.2, 0) is 13.0 Å². The molecule has 1 saturated heterocycles. The minimum absolute atomic E-state index is 0.0912. The Labute approximate surface area is 211 Å². The molecule has 0 saturated carbocycles. The van der Waals surface area contributed by atoms with Crippen LogP contribution in [0.4, 0.5) is 5.69 Å². The van der Waals surface area contributed by atoms with Gasteiger partial charge in [0.25, 0.3) is 5.91 Å². The van der Waals surface area contributed by atoms with E-state index in [1.807, 2.05) is 48.7 Å². The average Bonchev–Trinajstić information content (AvgIpc) is 3.26. The maximum absolute atomic E-state index is 13.1. The van der Waals surface area contributed by atoms with Gasteiger partial charge in [-0.15, -0.1) is 0 Å². The molecule has 1 amide bonds. The van der Waals surface area contributed by atoms with E-state index >= 15 is 0 Å². The van der Waals surface area contributed by atoms with Crippen LogP contribution in [0.5, 0.6) is 0 Å². The van der Waals surface area contributed by atoms with Crippen molar-refractivity contribution < 1.29 is 4.79 Å². The van der Waals surface area contributed by atoms with Crippen molar-refractivity contribution in [3.8, 4) is 0 Å². The van der Waals surface area contributed by atoms with Gasteiger partial charge < -0.3 is 10.2 Å². The van der Waals surface area contributed by atoms with E-state index in [2.05, 4.69) is 51.6 Å². The number of fused-ring (bicyclic) bond motifs is 1. The van der Waals surface area contributed by atoms with Crippen LogP contribution < -0.4 is 10.2 Å². The van der Waals surface area contributed by atoms with Gasteiger partial charge in [-0.3, -0.25) is 9.20 Å². The lowest BCUT2D eigenvalue weighted by molar-refractivity contribution is 0.0944. The predicted molar refractivity (Wildman–Crippen MR) is 143 cm³/mol. The zero-order valence-electron chi connectivity index (χ0n) is 20.3. The van der Waals surface area contributed by atoms with Crippen molar-refractivity contribution in [1.82, 2.24) is 14.7 Å². The molecule has 6 heteroatoms. The summed E-state index contributed by atoms with van der Waals surface area (Å²) in [5.74, 6) is 0.501. The maximum atomic E-state index is 13.1. The number of hydrogen-bond acceptors (Lipinski definition) is 3. The van der Waals surface area contributed by atoms with Gasteiger partial charge in [-0.05, 0) is 85.2 Å². The Morgan fingerprint density at radius 3 is 2.46 bits per heavy atom. The number of nitrogens with zero attached hydrogens (tertiary/aromatic N) is 3. The number of aromatic nitrogens is 2. The zero-order chi connectivity index (χ0) is 24.4. The summed E-state index contributed by atoms with van der Waals surface area (Å²) in [4.78, 5) is 20.1. The summed E-state index contributed by atoms with van der Waals surface area (Å²) in [5.41, 5.74) is 7.10. The molecule has 0 aliphatic carbocycles. The van der Waals surface area contributed by atoms with E-state index in [-0.39, 0.29) is 5.91 Å². The molecular weight excluding hydrogens is 456 g/mol. The highest BCUT2D eigenvalue weighted by Gasteiger charge is 2.21. The number of imidazole rings is 1. The van der Waals surface area contributed by atoms with Gasteiger partial charge in [-0.1, -0.05) is 42.8 Å². The van der Waals surface area contributed by atoms with Gasteiger partial charge in [0.2, 0.25) is 0 Å². The van der Waals surface area contributed by atoms with E-state index in [0.717, 1.165) is 53.4 Å². The molecule has 4 aromatic rings. The summed E-state index contributed by atoms with van der Waals surface area (Å²) in [7, 11) is 0. The third kappa shape index (κ3) is 5.06. The lowest BCUT2D eigenvalue weighted by atomic mass is 9.89. The normalized spacial score (nSPS) is 14.4. The number of carbonyl (C=O) groups excluding carboxylic acids is 1. The molecule has 5 rings (SSSR count). The lowest BCUT2D eigenvalue weighted by Gasteiger charge is -2.34. The second kappa shape index (κ2) is 10.1. The van der Waals surface area contributed by atoms with Gasteiger partial charge in [-0.25, -0.2) is 4.98 Å². The molecule has 0 spiro atoms. The molecule has 0 radical (unpaired) electrons. The number of piperidine rings is 1. The molecule has 1 fully saturated rings. The van der Waals surface area contributed by atoms with E-state index < -0.39 is 0 Å². The lowest BCUT2D eigenvalue weighted by Crippen LogP contribution is -2.32. The van der Waals surface area contributed by atoms with Gasteiger partial charge in [-0.2, -0.15) is 0 Å². The van der Waals surface area contributed by atoms with Crippen LogP contribution in [0.25, 0.3) is 5.65 Å². The van der Waals surface area contributed by atoms with Gasteiger partial charge in [0.15, 0.2) is 0 Å². The molecule has 35 heavy (non-hydrogen) atoms. The SMILES string of the molecule is CCc1nc2cc(C)ccn2c1C(=O)NCc1ccc(N2CCC(c3ccc(Cl)cc3)CC2)cc1. The van der Waals surface area contributed by atoms with Gasteiger partial charge in [0, 0.05) is 36.5 Å². The summed E-state index contributed by atoms with van der Waals surface area (Å²) >= 11 is 6.04. The second-order valence-corrected chi connectivity index (χ2v) is 9.79. The highest BCUT2D eigenvalue weighted by molar-refractivity contribution is 6.30. The minimum atomic E-state index is -0.0912. The number of rotatable bonds is 6. The fourth-order valence-corrected chi connectivity index (χ4v) is 5.10. The number of benzene rings is 2. The fraction of sp³-hybridized carbons (Fsp3) is 0.310.